The fourth-order valence-electron chi connectivity index (χ4n) is 3.39. The number of nitrogens with two attached hydrogens (primary N) is 1. The monoisotopic (exact) mass is 230 g/mol. The molecule has 0 bridgehead atoms. The molecule has 1 aliphatic heterocycles. The Morgan fingerprint density at radius 2 is 1.71 bits per heavy atom. The van der Waals surface area contributed by atoms with E-state index in [-0.39, 0.29) is 6.17 Å². The molecule has 1 unspecified atom stereocenters. The van der Waals surface area contributed by atoms with Gasteiger partial charge < -0.3 is 5.73 Å². The summed E-state index contributed by atoms with van der Waals surface area (Å²) in [5, 5.41) is 0. The van der Waals surface area contributed by atoms with E-state index in [0.717, 1.165) is 6.54 Å². The van der Waals surface area contributed by atoms with Gasteiger partial charge in [0, 0.05) is 12.6 Å². The molecule has 3 rings (SSSR count). The van der Waals surface area contributed by atoms with E-state index in [1.54, 1.807) is 0 Å². The maximum Gasteiger partial charge on any atom is 0.0843 e. The molecule has 92 valence electrons. The zero-order valence-electron chi connectivity index (χ0n) is 10.4. The van der Waals surface area contributed by atoms with Crippen LogP contribution in [0.2, 0.25) is 0 Å². The van der Waals surface area contributed by atoms with Crippen LogP contribution in [0, 0.1) is 0 Å². The lowest BCUT2D eigenvalue weighted by Gasteiger charge is -2.30. The molecule has 0 aromatic heterocycles. The summed E-state index contributed by atoms with van der Waals surface area (Å²) < 4.78 is 0. The van der Waals surface area contributed by atoms with Crippen molar-refractivity contribution in [1.29, 1.82) is 0 Å². The van der Waals surface area contributed by atoms with Crippen molar-refractivity contribution in [3.63, 3.8) is 0 Å². The molecule has 0 spiro atoms. The molecule has 2 aliphatic rings. The van der Waals surface area contributed by atoms with Crippen molar-refractivity contribution in [3.05, 3.63) is 35.4 Å². The molecular formula is C15H22N2. The predicted octanol–water partition coefficient (Wildman–Crippen LogP) is 3.18. The highest BCUT2D eigenvalue weighted by Gasteiger charge is 2.32. The van der Waals surface area contributed by atoms with Gasteiger partial charge in [-0.3, -0.25) is 4.90 Å². The molecule has 1 aliphatic carbocycles. The van der Waals surface area contributed by atoms with Crippen molar-refractivity contribution in [2.45, 2.75) is 57.3 Å². The van der Waals surface area contributed by atoms with Gasteiger partial charge in [-0.25, -0.2) is 0 Å². The van der Waals surface area contributed by atoms with Gasteiger partial charge in [-0.05, 0) is 24.0 Å². The van der Waals surface area contributed by atoms with Crippen LogP contribution in [-0.4, -0.2) is 10.9 Å². The molecule has 0 radical (unpaired) electrons. The summed E-state index contributed by atoms with van der Waals surface area (Å²) in [5.41, 5.74) is 9.18. The van der Waals surface area contributed by atoms with Gasteiger partial charge in [0.25, 0.3) is 0 Å². The van der Waals surface area contributed by atoms with Crippen molar-refractivity contribution in [1.82, 2.24) is 4.90 Å². The second kappa shape index (κ2) is 4.79. The number of fused-ring (bicyclic) bond motifs is 1. The lowest BCUT2D eigenvalue weighted by molar-refractivity contribution is 0.134. The van der Waals surface area contributed by atoms with Crippen molar-refractivity contribution in [2.75, 3.05) is 0 Å². The Hall–Kier alpha value is -0.860. The SMILES string of the molecule is NC1c2ccccc2CN1C1CCCCCC1. The van der Waals surface area contributed by atoms with Crippen LogP contribution in [-0.2, 0) is 6.54 Å². The third-order valence-electron chi connectivity index (χ3n) is 4.38. The summed E-state index contributed by atoms with van der Waals surface area (Å²) in [6, 6.07) is 9.36. The Labute approximate surface area is 104 Å². The Bertz CT molecular complexity index is 380. The molecular weight excluding hydrogens is 208 g/mol. The van der Waals surface area contributed by atoms with Crippen molar-refractivity contribution < 1.29 is 0 Å². The highest BCUT2D eigenvalue weighted by atomic mass is 15.3. The highest BCUT2D eigenvalue weighted by Crippen LogP contribution is 2.35. The first-order valence-corrected chi connectivity index (χ1v) is 6.95. The van der Waals surface area contributed by atoms with Gasteiger partial charge in [0.15, 0.2) is 0 Å². The summed E-state index contributed by atoms with van der Waals surface area (Å²) in [7, 11) is 0. The topological polar surface area (TPSA) is 29.3 Å². The average Bonchev–Trinajstić information content (AvgIpc) is 2.57. The molecule has 1 heterocycles. The molecule has 0 amide bonds. The Morgan fingerprint density at radius 1 is 1.00 bits per heavy atom. The first kappa shape index (κ1) is 11.2. The first-order chi connectivity index (χ1) is 8.36. The molecule has 1 aromatic rings. The average molecular weight is 230 g/mol. The van der Waals surface area contributed by atoms with E-state index in [2.05, 4.69) is 29.2 Å². The molecule has 2 nitrogen and oxygen atoms in total. The highest BCUT2D eigenvalue weighted by molar-refractivity contribution is 5.33. The Balaban J connectivity index is 1.78. The minimum absolute atomic E-state index is 0.134. The van der Waals surface area contributed by atoms with Crippen LogP contribution in [0.25, 0.3) is 0 Å². The number of rotatable bonds is 1. The van der Waals surface area contributed by atoms with Crippen LogP contribution in [0.4, 0.5) is 0 Å². The predicted molar refractivity (Wildman–Crippen MR) is 70.4 cm³/mol. The van der Waals surface area contributed by atoms with Gasteiger partial charge in [-0.15, -0.1) is 0 Å². The van der Waals surface area contributed by atoms with Crippen LogP contribution in [0.1, 0.15) is 55.8 Å². The zero-order chi connectivity index (χ0) is 11.7. The molecule has 1 atom stereocenters. The summed E-state index contributed by atoms with van der Waals surface area (Å²) in [5.74, 6) is 0. The van der Waals surface area contributed by atoms with Gasteiger partial charge in [0.1, 0.15) is 0 Å². The fourth-order valence-corrected chi connectivity index (χ4v) is 3.39. The van der Waals surface area contributed by atoms with Crippen molar-refractivity contribution in [2.24, 2.45) is 5.73 Å². The standard InChI is InChI=1S/C15H22N2/c16-15-14-10-6-5-7-12(14)11-17(15)13-8-3-1-2-4-9-13/h5-7,10,13,15H,1-4,8-9,11,16H2. The summed E-state index contributed by atoms with van der Waals surface area (Å²) >= 11 is 0. The van der Waals surface area contributed by atoms with E-state index in [0.29, 0.717) is 6.04 Å². The smallest absolute Gasteiger partial charge is 0.0843 e. The van der Waals surface area contributed by atoms with Gasteiger partial charge in [0.2, 0.25) is 0 Å². The first-order valence-electron chi connectivity index (χ1n) is 6.95. The third kappa shape index (κ3) is 2.12. The zero-order valence-corrected chi connectivity index (χ0v) is 10.4. The van der Waals surface area contributed by atoms with E-state index in [9.17, 15) is 0 Å². The van der Waals surface area contributed by atoms with Crippen LogP contribution in [0.5, 0.6) is 0 Å². The van der Waals surface area contributed by atoms with Gasteiger partial charge in [-0.1, -0.05) is 49.9 Å². The second-order valence-corrected chi connectivity index (χ2v) is 5.46. The largest absolute Gasteiger partial charge is 0.312 e. The molecule has 1 fully saturated rings. The van der Waals surface area contributed by atoms with Crippen LogP contribution in [0.3, 0.4) is 0 Å². The van der Waals surface area contributed by atoms with Crippen molar-refractivity contribution >= 4 is 0 Å². The normalized spacial score (nSPS) is 26.8. The summed E-state index contributed by atoms with van der Waals surface area (Å²) in [4.78, 5) is 2.52. The van der Waals surface area contributed by atoms with Gasteiger partial charge in [0.05, 0.1) is 6.17 Å². The van der Waals surface area contributed by atoms with Crippen LogP contribution in [0.15, 0.2) is 24.3 Å². The number of nitrogens with zero attached hydrogens (tertiary/aromatic N) is 1. The minimum Gasteiger partial charge on any atom is -0.312 e. The number of hydrogen-bond acceptors (Lipinski definition) is 2. The molecule has 0 saturated heterocycles. The summed E-state index contributed by atoms with van der Waals surface area (Å²) in [6.07, 6.45) is 8.38. The molecule has 1 saturated carbocycles. The second-order valence-electron chi connectivity index (χ2n) is 5.46. The van der Waals surface area contributed by atoms with Crippen molar-refractivity contribution in [3.8, 4) is 0 Å². The lowest BCUT2D eigenvalue weighted by atomic mass is 10.1. The van der Waals surface area contributed by atoms with E-state index in [1.165, 1.54) is 49.7 Å². The number of hydrogen-bond donors (Lipinski definition) is 1. The maximum absolute atomic E-state index is 6.40. The number of benzene rings is 1. The Kier molecular flexibility index (Phi) is 3.17. The molecule has 2 heteroatoms. The molecule has 2 N–H and O–H groups in total. The van der Waals surface area contributed by atoms with E-state index >= 15 is 0 Å². The summed E-state index contributed by atoms with van der Waals surface area (Å²) in [6.45, 7) is 1.06. The molecule has 17 heavy (non-hydrogen) atoms. The Morgan fingerprint density at radius 3 is 2.41 bits per heavy atom. The van der Waals surface area contributed by atoms with Gasteiger partial charge in [-0.2, -0.15) is 0 Å². The van der Waals surface area contributed by atoms with Crippen LogP contribution < -0.4 is 5.73 Å². The van der Waals surface area contributed by atoms with E-state index < -0.39 is 0 Å². The van der Waals surface area contributed by atoms with Crippen LogP contribution >= 0.6 is 0 Å². The quantitative estimate of drug-likeness (QED) is 0.751. The lowest BCUT2D eigenvalue weighted by Crippen LogP contribution is -2.37. The molecule has 1 aromatic carbocycles. The maximum atomic E-state index is 6.40. The van der Waals surface area contributed by atoms with E-state index in [1.807, 2.05) is 0 Å². The minimum atomic E-state index is 0.134. The third-order valence-corrected chi connectivity index (χ3v) is 4.38. The van der Waals surface area contributed by atoms with Gasteiger partial charge >= 0.3 is 0 Å². The van der Waals surface area contributed by atoms with E-state index in [4.69, 9.17) is 5.73 Å². The fraction of sp³-hybridized carbons (Fsp3) is 0.600.